The number of likely N-dealkylation sites (N-methyl/N-ethyl adjacent to an activating group) is 4. The van der Waals surface area contributed by atoms with Crippen molar-refractivity contribution in [2.45, 2.75) is 313 Å². The Morgan fingerprint density at radius 1 is 0.479 bits per heavy atom. The monoisotopic (exact) mass is 1670 g/mol. The lowest BCUT2D eigenvalue weighted by atomic mass is 9.84. The van der Waals surface area contributed by atoms with E-state index in [2.05, 4.69) is 72.6 Å². The number of nitrogens with one attached hydrogen (secondary N) is 4. The molecule has 2 saturated heterocycles. The Labute approximate surface area is 715 Å². The van der Waals surface area contributed by atoms with Crippen molar-refractivity contribution < 1.29 is 77.1 Å². The van der Waals surface area contributed by atoms with Gasteiger partial charge in [0.2, 0.25) is 47.3 Å². The molecule has 0 bridgehead atoms. The average Bonchev–Trinajstić information content (AvgIpc) is 1.63. The Morgan fingerprint density at radius 3 is 1.13 bits per heavy atom. The number of likely N-dealkylation sites (tertiary alicyclic amines) is 2. The molecule has 2 aliphatic heterocycles. The number of carboxylic acids is 2. The zero-order chi connectivity index (χ0) is 90.2. The Morgan fingerprint density at radius 2 is 0.832 bits per heavy atom. The summed E-state index contributed by atoms with van der Waals surface area (Å²) in [5, 5.41) is 31.5. The minimum absolute atomic E-state index is 0.00982. The smallest absolute Gasteiger partial charge is 0.326 e. The van der Waals surface area contributed by atoms with Gasteiger partial charge in [0.05, 0.1) is 85.3 Å². The van der Waals surface area contributed by atoms with E-state index in [1.807, 2.05) is 158 Å². The highest BCUT2D eigenvalue weighted by Crippen LogP contribution is 2.34. The van der Waals surface area contributed by atoms with Gasteiger partial charge in [-0.15, -0.1) is 0 Å². The molecule has 0 radical (unpaired) electrons. The summed E-state index contributed by atoms with van der Waals surface area (Å²) in [6, 6.07) is 11.8. The molecule has 19 atom stereocenters. The topological polar surface area (TPSA) is 316 Å². The van der Waals surface area contributed by atoms with E-state index < -0.39 is 120 Å². The third-order valence-electron chi connectivity index (χ3n) is 24.8. The van der Waals surface area contributed by atoms with E-state index in [4.69, 9.17) is 18.9 Å². The number of amides is 8. The summed E-state index contributed by atoms with van der Waals surface area (Å²) in [6.07, 6.45) is 5.72. The molecule has 0 aliphatic carbocycles. The van der Waals surface area contributed by atoms with Gasteiger partial charge in [-0.3, -0.25) is 48.2 Å². The first-order valence-corrected chi connectivity index (χ1v) is 44.2. The number of hydrogen-bond acceptors (Lipinski definition) is 16. The molecule has 2 aromatic rings. The van der Waals surface area contributed by atoms with Gasteiger partial charge < -0.3 is 70.0 Å². The number of carbonyl (C=O) groups excluding carboxylic acids is 8. The second-order valence-electron chi connectivity index (χ2n) is 37.4. The van der Waals surface area contributed by atoms with Gasteiger partial charge in [0.25, 0.3) is 0 Å². The Balaban J connectivity index is 0.000000616. The number of ether oxygens (including phenoxy) is 4. The molecule has 4 rings (SSSR count). The van der Waals surface area contributed by atoms with Crippen LogP contribution in [0, 0.1) is 64.6 Å². The van der Waals surface area contributed by atoms with Crippen LogP contribution in [-0.2, 0) is 79.7 Å². The minimum Gasteiger partial charge on any atom is -0.480 e. The summed E-state index contributed by atoms with van der Waals surface area (Å²) >= 11 is 0. The standard InChI is InChI=1S/C48H83N5O8.C45H77N5O8/c1-16-33(7)42(52(13)46(57)40(30(2)3)50-45(56)41(31(4)5)51(12)26-24-32(6)29-48(9,10)11)38(60-14)28-39(54)53-25-20-23-37(53)43(61-15)34(8)44(55)49-36(47(58)59)27-35-21-18-17-19-22-35;1-14-31(8)40(49(11)44(54)38(29(4)5)47-43(53)39(30(6)7)48(10)24-18-20-28(2)3)36(57-12)27-37(51)50-25-19-23-35(50)41(58-13)32(9)42(52)46-34(45(55)56)26-33-21-16-15-17-22-33/h17-19,21-22,30-34,36-38,40-43H,16,20,23-29H2,1-15H3,(H,49,55)(H,50,56)(H,58,59);15-17,21-22,28-32,34-36,38-41H,14,18-20,23-27H2,1-13H3,(H,46,52)(H,47,53)(H,55,56)/t32?,33-,34+,36+,37-,38+,40-,41-,42-,43+;31-,32+,34+,35-,36+,38-,39-,40-,41+/m00/s1. The molecule has 119 heavy (non-hydrogen) atoms. The molecule has 26 heteroatoms. The van der Waals surface area contributed by atoms with Crippen molar-refractivity contribution in [1.29, 1.82) is 0 Å². The van der Waals surface area contributed by atoms with E-state index in [-0.39, 0.29) is 102 Å². The number of methoxy groups -OCH3 is 4. The summed E-state index contributed by atoms with van der Waals surface area (Å²) in [7, 11) is 13.5. The molecular formula is C93H160N10O16. The number of nitrogens with zero attached hydrogens (tertiary/aromatic N) is 6. The highest BCUT2D eigenvalue weighted by molar-refractivity contribution is 5.92. The number of carboxylic acid groups (broad SMARTS) is 2. The van der Waals surface area contributed by atoms with Crippen LogP contribution >= 0.6 is 0 Å². The van der Waals surface area contributed by atoms with Crippen LogP contribution in [0.2, 0.25) is 0 Å². The van der Waals surface area contributed by atoms with Crippen molar-refractivity contribution in [3.05, 3.63) is 71.8 Å². The van der Waals surface area contributed by atoms with Crippen molar-refractivity contribution in [1.82, 2.24) is 50.7 Å². The maximum Gasteiger partial charge on any atom is 0.326 e. The molecule has 2 fully saturated rings. The number of hydrogen-bond donors (Lipinski definition) is 6. The molecule has 26 nitrogen and oxygen atoms in total. The van der Waals surface area contributed by atoms with Gasteiger partial charge in [-0.05, 0) is 142 Å². The second-order valence-corrected chi connectivity index (χ2v) is 37.4. The lowest BCUT2D eigenvalue weighted by Crippen LogP contribution is -2.60. The van der Waals surface area contributed by atoms with Gasteiger partial charge in [-0.2, -0.15) is 0 Å². The highest BCUT2D eigenvalue weighted by Gasteiger charge is 2.47. The van der Waals surface area contributed by atoms with Crippen LogP contribution in [0.3, 0.4) is 0 Å². The first-order chi connectivity index (χ1) is 55.8. The minimum atomic E-state index is -1.14. The van der Waals surface area contributed by atoms with Gasteiger partial charge in [-0.1, -0.05) is 212 Å². The number of carbonyl (C=O) groups is 10. The predicted molar refractivity (Wildman–Crippen MR) is 470 cm³/mol. The van der Waals surface area contributed by atoms with Crippen LogP contribution < -0.4 is 21.3 Å². The third kappa shape index (κ3) is 32.6. The zero-order valence-corrected chi connectivity index (χ0v) is 78.2. The Hall–Kier alpha value is -7.10. The van der Waals surface area contributed by atoms with Crippen LogP contribution in [0.25, 0.3) is 0 Å². The van der Waals surface area contributed by atoms with E-state index in [0.29, 0.717) is 50.6 Å². The Bertz CT molecular complexity index is 3410. The Kier molecular flexibility index (Phi) is 46.1. The van der Waals surface area contributed by atoms with Gasteiger partial charge in [-0.25, -0.2) is 9.59 Å². The van der Waals surface area contributed by atoms with Crippen LogP contribution in [0.15, 0.2) is 60.7 Å². The van der Waals surface area contributed by atoms with E-state index >= 15 is 0 Å². The van der Waals surface area contributed by atoms with Crippen molar-refractivity contribution in [3.63, 3.8) is 0 Å². The van der Waals surface area contributed by atoms with Gasteiger partial charge in [0, 0.05) is 68.5 Å². The van der Waals surface area contributed by atoms with Crippen molar-refractivity contribution in [3.8, 4) is 0 Å². The maximum atomic E-state index is 14.5. The summed E-state index contributed by atoms with van der Waals surface area (Å²) in [5.74, 6) is -5.27. The maximum absolute atomic E-state index is 14.5. The van der Waals surface area contributed by atoms with Crippen molar-refractivity contribution in [2.75, 3.05) is 82.8 Å². The van der Waals surface area contributed by atoms with Crippen LogP contribution in [0.5, 0.6) is 0 Å². The van der Waals surface area contributed by atoms with E-state index in [9.17, 15) is 58.2 Å². The largest absolute Gasteiger partial charge is 0.480 e. The molecule has 6 N–H and O–H groups in total. The molecule has 2 aliphatic rings. The molecular weight excluding hydrogens is 1510 g/mol. The highest BCUT2D eigenvalue weighted by atomic mass is 16.5. The first-order valence-electron chi connectivity index (χ1n) is 44.2. The quantitative estimate of drug-likeness (QED) is 0.0358. The van der Waals surface area contributed by atoms with E-state index in [1.165, 1.54) is 14.2 Å². The number of benzene rings is 2. The summed E-state index contributed by atoms with van der Waals surface area (Å²) in [4.78, 5) is 148. The molecule has 678 valence electrons. The SMILES string of the molecule is CC[C@H](C)[C@@H]([C@@H](CC(=O)N1CCC[C@H]1[C@H](OC)[C@@H](C)C(=O)N[C@H](Cc1ccccc1)C(=O)O)OC)N(C)C(=O)[C@@H](NC(=O)[C@H](C(C)C)N(C)CCC(C)CC(C)(C)C)C(C)C.CC[C@H](C)[C@@H]([C@@H](CC(=O)N1CCC[C@H]1[C@H](OC)[C@@H](C)C(=O)N[C@H](Cc1ccccc1)C(=O)O)OC)N(C)C(=O)[C@@H](NC(=O)[C@H](C(C)C)N(C)CCCC(C)C)C(C)C. The lowest BCUT2D eigenvalue weighted by Gasteiger charge is -2.41. The summed E-state index contributed by atoms with van der Waals surface area (Å²) in [5.41, 5.74) is 1.80. The van der Waals surface area contributed by atoms with Gasteiger partial charge >= 0.3 is 11.9 Å². The average molecular weight is 1670 g/mol. The van der Waals surface area contributed by atoms with E-state index in [0.717, 1.165) is 62.7 Å². The molecule has 0 saturated carbocycles. The molecule has 0 aromatic heterocycles. The summed E-state index contributed by atoms with van der Waals surface area (Å²) in [6.45, 7) is 43.3. The van der Waals surface area contributed by atoms with Crippen molar-refractivity contribution >= 4 is 59.2 Å². The lowest BCUT2D eigenvalue weighted by molar-refractivity contribution is -0.148. The molecule has 2 heterocycles. The molecule has 2 aromatic carbocycles. The molecule has 0 spiro atoms. The van der Waals surface area contributed by atoms with Gasteiger partial charge in [0.1, 0.15) is 24.2 Å². The fraction of sp³-hybridized carbons (Fsp3) is 0.763. The fourth-order valence-electron chi connectivity index (χ4n) is 17.9. The van der Waals surface area contributed by atoms with E-state index in [1.54, 1.807) is 61.8 Å². The van der Waals surface area contributed by atoms with Gasteiger partial charge in [0.15, 0.2) is 0 Å². The second kappa shape index (κ2) is 51.7. The normalized spacial score (nSPS) is 18.9. The molecule has 1 unspecified atom stereocenters. The van der Waals surface area contributed by atoms with Crippen LogP contribution in [0.1, 0.15) is 227 Å². The third-order valence-corrected chi connectivity index (χ3v) is 24.8. The predicted octanol–water partition coefficient (Wildman–Crippen LogP) is 11.5. The van der Waals surface area contributed by atoms with Crippen LogP contribution in [-0.4, -0.2) is 266 Å². The number of aliphatic carboxylic acids is 2. The molecule has 8 amide bonds. The number of rotatable bonds is 50. The first kappa shape index (κ1) is 106. The summed E-state index contributed by atoms with van der Waals surface area (Å²) < 4.78 is 23.9. The van der Waals surface area contributed by atoms with Crippen LogP contribution in [0.4, 0.5) is 0 Å². The van der Waals surface area contributed by atoms with Crippen molar-refractivity contribution in [2.24, 2.45) is 64.6 Å². The zero-order valence-electron chi connectivity index (χ0n) is 78.2. The fourth-order valence-corrected chi connectivity index (χ4v) is 17.9.